The molecule has 0 aliphatic heterocycles. The molecule has 0 fully saturated rings. The fourth-order valence-corrected chi connectivity index (χ4v) is 2.50. The second kappa shape index (κ2) is 3.32. The van der Waals surface area contributed by atoms with Crippen molar-refractivity contribution >= 4 is 5.91 Å². The lowest BCUT2D eigenvalue weighted by Gasteiger charge is -2.41. The van der Waals surface area contributed by atoms with E-state index in [1.54, 1.807) is 0 Å². The van der Waals surface area contributed by atoms with E-state index >= 15 is 0 Å². The number of nitrogens with two attached hydrogens (primary N) is 2. The third kappa shape index (κ3) is 1.43. The molecule has 16 heavy (non-hydrogen) atoms. The molecule has 0 saturated heterocycles. The Labute approximate surface area is 95.8 Å². The maximum atomic E-state index is 11.5. The van der Waals surface area contributed by atoms with Crippen LogP contribution in [0.4, 0.5) is 0 Å². The fraction of sp³-hybridized carbons (Fsp3) is 0.462. The van der Waals surface area contributed by atoms with Gasteiger partial charge in [0.15, 0.2) is 0 Å². The van der Waals surface area contributed by atoms with Crippen LogP contribution in [0.3, 0.4) is 0 Å². The number of carbonyl (C=O) groups is 1. The number of hydrogen-bond acceptors (Lipinski definition) is 2. The van der Waals surface area contributed by atoms with E-state index in [4.69, 9.17) is 11.5 Å². The first-order chi connectivity index (χ1) is 7.38. The third-order valence-electron chi connectivity index (χ3n) is 3.72. The Morgan fingerprint density at radius 1 is 1.19 bits per heavy atom. The molecule has 3 heteroatoms. The van der Waals surface area contributed by atoms with E-state index in [1.165, 1.54) is 0 Å². The zero-order valence-electron chi connectivity index (χ0n) is 9.79. The number of rotatable bonds is 1. The summed E-state index contributed by atoms with van der Waals surface area (Å²) in [6.45, 7) is 4.35. The normalized spacial score (nSPS) is 27.2. The molecule has 2 rings (SSSR count). The van der Waals surface area contributed by atoms with Gasteiger partial charge in [0.2, 0.25) is 5.91 Å². The molecule has 1 aromatic carbocycles. The van der Waals surface area contributed by atoms with Gasteiger partial charge in [0.1, 0.15) is 5.54 Å². The molecule has 0 aromatic heterocycles. The topological polar surface area (TPSA) is 69.1 Å². The van der Waals surface area contributed by atoms with Gasteiger partial charge < -0.3 is 11.5 Å². The summed E-state index contributed by atoms with van der Waals surface area (Å²) in [4.78, 5) is 11.5. The summed E-state index contributed by atoms with van der Waals surface area (Å²) < 4.78 is 0. The molecule has 1 aliphatic rings. The van der Waals surface area contributed by atoms with Crippen LogP contribution < -0.4 is 11.5 Å². The number of benzene rings is 1. The lowest BCUT2D eigenvalue weighted by atomic mass is 9.65. The summed E-state index contributed by atoms with van der Waals surface area (Å²) in [6, 6.07) is 7.85. The summed E-state index contributed by atoms with van der Waals surface area (Å²) in [7, 11) is 0. The average Bonchev–Trinajstić information content (AvgIpc) is 2.24. The van der Waals surface area contributed by atoms with Crippen molar-refractivity contribution in [2.24, 2.45) is 11.5 Å². The predicted molar refractivity (Wildman–Crippen MR) is 63.8 cm³/mol. The monoisotopic (exact) mass is 218 g/mol. The summed E-state index contributed by atoms with van der Waals surface area (Å²) in [6.07, 6.45) is 1.50. The minimum atomic E-state index is -0.994. The van der Waals surface area contributed by atoms with E-state index in [0.717, 1.165) is 17.5 Å². The van der Waals surface area contributed by atoms with Crippen molar-refractivity contribution in [2.45, 2.75) is 37.6 Å². The lowest BCUT2D eigenvalue weighted by molar-refractivity contribution is -0.124. The van der Waals surface area contributed by atoms with Crippen molar-refractivity contribution in [3.8, 4) is 0 Å². The smallest absolute Gasteiger partial charge is 0.242 e. The van der Waals surface area contributed by atoms with Gasteiger partial charge in [0.05, 0.1) is 0 Å². The summed E-state index contributed by atoms with van der Waals surface area (Å²) in [5, 5.41) is 0. The van der Waals surface area contributed by atoms with Crippen LogP contribution in [0.15, 0.2) is 24.3 Å². The Kier molecular flexibility index (Phi) is 2.31. The highest BCUT2D eigenvalue weighted by molar-refractivity contribution is 5.87. The van der Waals surface area contributed by atoms with E-state index in [2.05, 4.69) is 13.8 Å². The SMILES string of the molecule is CC1(C)CCC(N)(C(N)=O)c2ccccc21. The van der Waals surface area contributed by atoms with Gasteiger partial charge in [-0.05, 0) is 29.4 Å². The van der Waals surface area contributed by atoms with Crippen molar-refractivity contribution in [2.75, 3.05) is 0 Å². The minimum absolute atomic E-state index is 0.0644. The maximum absolute atomic E-state index is 11.5. The zero-order valence-corrected chi connectivity index (χ0v) is 9.79. The molecule has 1 aromatic rings. The maximum Gasteiger partial charge on any atom is 0.242 e. The third-order valence-corrected chi connectivity index (χ3v) is 3.72. The van der Waals surface area contributed by atoms with Crippen molar-refractivity contribution in [1.82, 2.24) is 0 Å². The molecule has 0 heterocycles. The van der Waals surface area contributed by atoms with Gasteiger partial charge in [-0.25, -0.2) is 0 Å². The van der Waals surface area contributed by atoms with Gasteiger partial charge in [0, 0.05) is 0 Å². The molecule has 0 radical (unpaired) electrons. The Morgan fingerprint density at radius 3 is 2.31 bits per heavy atom. The van der Waals surface area contributed by atoms with Crippen LogP contribution in [0.25, 0.3) is 0 Å². The molecule has 1 aliphatic carbocycles. The minimum Gasteiger partial charge on any atom is -0.368 e. The Morgan fingerprint density at radius 2 is 1.75 bits per heavy atom. The van der Waals surface area contributed by atoms with Crippen molar-refractivity contribution in [3.63, 3.8) is 0 Å². The first-order valence-corrected chi connectivity index (χ1v) is 5.57. The number of primary amides is 1. The lowest BCUT2D eigenvalue weighted by Crippen LogP contribution is -2.53. The van der Waals surface area contributed by atoms with Gasteiger partial charge in [-0.3, -0.25) is 4.79 Å². The number of carbonyl (C=O) groups excluding carboxylic acids is 1. The second-order valence-electron chi connectivity index (χ2n) is 5.27. The Bertz CT molecular complexity index is 439. The molecule has 1 atom stereocenters. The van der Waals surface area contributed by atoms with E-state index in [-0.39, 0.29) is 5.41 Å². The van der Waals surface area contributed by atoms with Crippen molar-refractivity contribution in [1.29, 1.82) is 0 Å². The van der Waals surface area contributed by atoms with E-state index < -0.39 is 11.4 Å². The molecule has 4 N–H and O–H groups in total. The fourth-order valence-electron chi connectivity index (χ4n) is 2.50. The standard InChI is InChI=1S/C13H18N2O/c1-12(2)7-8-13(15,11(14)16)10-6-4-3-5-9(10)12/h3-6H,7-8,15H2,1-2H3,(H2,14,16). The zero-order chi connectivity index (χ0) is 12.0. The van der Waals surface area contributed by atoms with Crippen LogP contribution in [-0.4, -0.2) is 5.91 Å². The summed E-state index contributed by atoms with van der Waals surface area (Å²) in [5.74, 6) is -0.435. The summed E-state index contributed by atoms with van der Waals surface area (Å²) >= 11 is 0. The molecule has 3 nitrogen and oxygen atoms in total. The number of fused-ring (bicyclic) bond motifs is 1. The molecule has 1 amide bonds. The van der Waals surface area contributed by atoms with Crippen LogP contribution in [0.5, 0.6) is 0 Å². The van der Waals surface area contributed by atoms with E-state index in [9.17, 15) is 4.79 Å². The highest BCUT2D eigenvalue weighted by atomic mass is 16.1. The van der Waals surface area contributed by atoms with E-state index in [1.807, 2.05) is 24.3 Å². The Balaban J connectivity index is 2.64. The van der Waals surface area contributed by atoms with Crippen LogP contribution in [0.1, 0.15) is 37.8 Å². The first-order valence-electron chi connectivity index (χ1n) is 5.57. The molecule has 0 spiro atoms. The van der Waals surface area contributed by atoms with Crippen LogP contribution >= 0.6 is 0 Å². The predicted octanol–water partition coefficient (Wildman–Crippen LogP) is 1.40. The van der Waals surface area contributed by atoms with Gasteiger partial charge in [-0.15, -0.1) is 0 Å². The van der Waals surface area contributed by atoms with Crippen LogP contribution in [0, 0.1) is 0 Å². The van der Waals surface area contributed by atoms with Gasteiger partial charge in [0.25, 0.3) is 0 Å². The quantitative estimate of drug-likeness (QED) is 0.748. The van der Waals surface area contributed by atoms with Crippen LogP contribution in [-0.2, 0) is 15.7 Å². The Hall–Kier alpha value is -1.35. The molecule has 0 saturated carbocycles. The highest BCUT2D eigenvalue weighted by Gasteiger charge is 2.43. The summed E-state index contributed by atoms with van der Waals surface area (Å²) in [5.41, 5.74) is 12.7. The van der Waals surface area contributed by atoms with Crippen molar-refractivity contribution < 1.29 is 4.79 Å². The second-order valence-corrected chi connectivity index (χ2v) is 5.27. The van der Waals surface area contributed by atoms with Crippen LogP contribution in [0.2, 0.25) is 0 Å². The number of amides is 1. The molecular weight excluding hydrogens is 200 g/mol. The van der Waals surface area contributed by atoms with Gasteiger partial charge >= 0.3 is 0 Å². The van der Waals surface area contributed by atoms with Gasteiger partial charge in [-0.1, -0.05) is 38.1 Å². The van der Waals surface area contributed by atoms with Crippen molar-refractivity contribution in [3.05, 3.63) is 35.4 Å². The largest absolute Gasteiger partial charge is 0.368 e. The average molecular weight is 218 g/mol. The van der Waals surface area contributed by atoms with E-state index in [0.29, 0.717) is 6.42 Å². The number of hydrogen-bond donors (Lipinski definition) is 2. The van der Waals surface area contributed by atoms with Gasteiger partial charge in [-0.2, -0.15) is 0 Å². The highest BCUT2D eigenvalue weighted by Crippen LogP contribution is 2.43. The molecule has 1 unspecified atom stereocenters. The molecule has 86 valence electrons. The molecular formula is C13H18N2O. The first kappa shape index (κ1) is 11.1. The molecule has 0 bridgehead atoms.